The zero-order valence-corrected chi connectivity index (χ0v) is 8.96. The van der Waals surface area contributed by atoms with E-state index >= 15 is 0 Å². The lowest BCUT2D eigenvalue weighted by Gasteiger charge is -2.03. The van der Waals surface area contributed by atoms with Gasteiger partial charge in [-0.15, -0.1) is 0 Å². The van der Waals surface area contributed by atoms with Crippen molar-refractivity contribution in [2.24, 2.45) is 5.10 Å². The Morgan fingerprint density at radius 2 is 1.94 bits per heavy atom. The standard InChI is InChI=1S/C10H3ClFN5/c11-8-1-6(3-13)10(2-9(8)12)17-16-7(4-14)5-15/h1-2,17H. The van der Waals surface area contributed by atoms with Crippen molar-refractivity contribution in [3.05, 3.63) is 28.5 Å². The van der Waals surface area contributed by atoms with Crippen molar-refractivity contribution in [2.45, 2.75) is 0 Å². The molecule has 0 spiro atoms. The van der Waals surface area contributed by atoms with Gasteiger partial charge < -0.3 is 0 Å². The number of rotatable bonds is 2. The van der Waals surface area contributed by atoms with Crippen LogP contribution in [-0.2, 0) is 0 Å². The molecular weight excluding hydrogens is 245 g/mol. The summed E-state index contributed by atoms with van der Waals surface area (Å²) in [6, 6.07) is 6.87. The van der Waals surface area contributed by atoms with Crippen LogP contribution in [0.3, 0.4) is 0 Å². The van der Waals surface area contributed by atoms with Crippen molar-refractivity contribution in [3.8, 4) is 18.2 Å². The average Bonchev–Trinajstić information content (AvgIpc) is 2.34. The van der Waals surface area contributed by atoms with Crippen LogP contribution < -0.4 is 5.43 Å². The molecule has 1 aromatic rings. The van der Waals surface area contributed by atoms with E-state index in [0.717, 1.165) is 12.1 Å². The number of benzene rings is 1. The zero-order chi connectivity index (χ0) is 12.8. The molecule has 7 heteroatoms. The third-order valence-corrected chi connectivity index (χ3v) is 1.97. The van der Waals surface area contributed by atoms with Crippen molar-refractivity contribution in [3.63, 3.8) is 0 Å². The fraction of sp³-hybridized carbons (Fsp3) is 0. The Labute approximate surface area is 101 Å². The van der Waals surface area contributed by atoms with Crippen molar-refractivity contribution < 1.29 is 4.39 Å². The summed E-state index contributed by atoms with van der Waals surface area (Å²) in [7, 11) is 0. The highest BCUT2D eigenvalue weighted by molar-refractivity contribution is 6.31. The van der Waals surface area contributed by atoms with Gasteiger partial charge in [0.1, 0.15) is 24.0 Å². The Kier molecular flexibility index (Phi) is 4.00. The van der Waals surface area contributed by atoms with Crippen LogP contribution in [0, 0.1) is 39.8 Å². The summed E-state index contributed by atoms with van der Waals surface area (Å²) in [5, 5.41) is 28.8. The lowest BCUT2D eigenvalue weighted by molar-refractivity contribution is 0.628. The Balaban J connectivity index is 3.14. The molecule has 0 saturated carbocycles. The van der Waals surface area contributed by atoms with Crippen LogP contribution in [0.2, 0.25) is 5.02 Å². The maximum absolute atomic E-state index is 13.1. The van der Waals surface area contributed by atoms with E-state index < -0.39 is 11.5 Å². The quantitative estimate of drug-likeness (QED) is 0.640. The number of nitrogens with zero attached hydrogens (tertiary/aromatic N) is 4. The number of hydrazone groups is 1. The SMILES string of the molecule is N#CC(C#N)=NNc1cc(F)c(Cl)cc1C#N. The summed E-state index contributed by atoms with van der Waals surface area (Å²) in [6.45, 7) is 0. The van der Waals surface area contributed by atoms with Crippen molar-refractivity contribution in [1.29, 1.82) is 15.8 Å². The number of anilines is 1. The molecule has 0 radical (unpaired) electrons. The van der Waals surface area contributed by atoms with Gasteiger partial charge in [0.15, 0.2) is 0 Å². The number of halogens is 2. The molecule has 0 fully saturated rings. The molecule has 17 heavy (non-hydrogen) atoms. The first-order valence-electron chi connectivity index (χ1n) is 4.15. The van der Waals surface area contributed by atoms with Gasteiger partial charge in [0.05, 0.1) is 16.3 Å². The minimum absolute atomic E-state index is 0.0254. The van der Waals surface area contributed by atoms with Gasteiger partial charge in [0.2, 0.25) is 5.71 Å². The Morgan fingerprint density at radius 3 is 2.47 bits per heavy atom. The van der Waals surface area contributed by atoms with E-state index in [1.165, 1.54) is 12.1 Å². The molecule has 0 atom stereocenters. The second-order valence-electron chi connectivity index (χ2n) is 2.72. The molecule has 0 aromatic heterocycles. The Morgan fingerprint density at radius 1 is 1.29 bits per heavy atom. The molecule has 0 aliphatic carbocycles. The molecule has 5 nitrogen and oxygen atoms in total. The van der Waals surface area contributed by atoms with Crippen LogP contribution in [0.5, 0.6) is 0 Å². The molecule has 1 N–H and O–H groups in total. The molecular formula is C10H3ClFN5. The fourth-order valence-corrected chi connectivity index (χ4v) is 1.09. The molecule has 82 valence electrons. The van der Waals surface area contributed by atoms with Gasteiger partial charge in [0, 0.05) is 6.07 Å². The van der Waals surface area contributed by atoms with E-state index in [4.69, 9.17) is 27.4 Å². The average molecular weight is 248 g/mol. The first-order valence-corrected chi connectivity index (χ1v) is 4.53. The smallest absolute Gasteiger partial charge is 0.237 e. The highest BCUT2D eigenvalue weighted by Crippen LogP contribution is 2.23. The van der Waals surface area contributed by atoms with E-state index in [2.05, 4.69) is 10.5 Å². The summed E-state index contributed by atoms with van der Waals surface area (Å²) in [5.41, 5.74) is 1.89. The van der Waals surface area contributed by atoms with E-state index in [0.29, 0.717) is 0 Å². The van der Waals surface area contributed by atoms with Gasteiger partial charge in [0.25, 0.3) is 0 Å². The largest absolute Gasteiger partial charge is 0.275 e. The monoisotopic (exact) mass is 247 g/mol. The summed E-state index contributed by atoms with van der Waals surface area (Å²) in [5.74, 6) is -0.737. The minimum atomic E-state index is -0.737. The lowest BCUT2D eigenvalue weighted by atomic mass is 10.2. The summed E-state index contributed by atoms with van der Waals surface area (Å²) < 4.78 is 13.1. The van der Waals surface area contributed by atoms with Crippen LogP contribution in [0.15, 0.2) is 17.2 Å². The number of nitriles is 3. The summed E-state index contributed by atoms with van der Waals surface area (Å²) in [4.78, 5) is 0. The molecule has 1 rings (SSSR count). The topological polar surface area (TPSA) is 95.8 Å². The first-order chi connectivity index (χ1) is 8.12. The van der Waals surface area contributed by atoms with Gasteiger partial charge in [-0.3, -0.25) is 5.43 Å². The Hall–Kier alpha value is -2.62. The van der Waals surface area contributed by atoms with E-state index in [1.807, 2.05) is 0 Å². The molecule has 0 unspecified atom stereocenters. The van der Waals surface area contributed by atoms with Crippen LogP contribution in [-0.4, -0.2) is 5.71 Å². The minimum Gasteiger partial charge on any atom is -0.275 e. The van der Waals surface area contributed by atoms with Crippen molar-refractivity contribution >= 4 is 23.0 Å². The lowest BCUT2D eigenvalue weighted by Crippen LogP contribution is -1.99. The zero-order valence-electron chi connectivity index (χ0n) is 8.20. The predicted octanol–water partition coefficient (Wildman–Crippen LogP) is 2.17. The molecule has 0 amide bonds. The number of nitrogens with one attached hydrogen (secondary N) is 1. The molecule has 0 aliphatic heterocycles. The van der Waals surface area contributed by atoms with Gasteiger partial charge in [-0.1, -0.05) is 11.6 Å². The van der Waals surface area contributed by atoms with Crippen LogP contribution in [0.1, 0.15) is 5.56 Å². The van der Waals surface area contributed by atoms with Gasteiger partial charge in [-0.2, -0.15) is 20.9 Å². The van der Waals surface area contributed by atoms with Crippen LogP contribution >= 0.6 is 11.6 Å². The van der Waals surface area contributed by atoms with Crippen molar-refractivity contribution in [2.75, 3.05) is 5.43 Å². The summed E-state index contributed by atoms with van der Waals surface area (Å²) in [6.07, 6.45) is 0. The molecule has 0 aliphatic rings. The maximum Gasteiger partial charge on any atom is 0.237 e. The van der Waals surface area contributed by atoms with E-state index in [-0.39, 0.29) is 16.3 Å². The van der Waals surface area contributed by atoms with Gasteiger partial charge in [-0.25, -0.2) is 4.39 Å². The second-order valence-corrected chi connectivity index (χ2v) is 3.13. The van der Waals surface area contributed by atoms with E-state index in [1.54, 1.807) is 6.07 Å². The van der Waals surface area contributed by atoms with Gasteiger partial charge >= 0.3 is 0 Å². The second kappa shape index (κ2) is 5.46. The number of hydrogen-bond donors (Lipinski definition) is 1. The summed E-state index contributed by atoms with van der Waals surface area (Å²) >= 11 is 5.49. The van der Waals surface area contributed by atoms with Crippen LogP contribution in [0.4, 0.5) is 10.1 Å². The third kappa shape index (κ3) is 2.92. The molecule has 1 aromatic carbocycles. The molecule has 0 heterocycles. The molecule has 0 bridgehead atoms. The predicted molar refractivity (Wildman–Crippen MR) is 58.4 cm³/mol. The maximum atomic E-state index is 13.1. The highest BCUT2D eigenvalue weighted by Gasteiger charge is 2.08. The number of hydrogen-bond acceptors (Lipinski definition) is 5. The van der Waals surface area contributed by atoms with E-state index in [9.17, 15) is 4.39 Å². The van der Waals surface area contributed by atoms with Crippen LogP contribution in [0.25, 0.3) is 0 Å². The van der Waals surface area contributed by atoms with Crippen molar-refractivity contribution in [1.82, 2.24) is 0 Å². The first kappa shape index (κ1) is 12.4. The fourth-order valence-electron chi connectivity index (χ4n) is 0.923. The molecule has 0 saturated heterocycles. The normalized spacial score (nSPS) is 8.41. The highest BCUT2D eigenvalue weighted by atomic mass is 35.5. The third-order valence-electron chi connectivity index (χ3n) is 1.68. The van der Waals surface area contributed by atoms with Gasteiger partial charge in [-0.05, 0) is 6.07 Å². The Bertz CT molecular complexity index is 587.